The third-order valence-corrected chi connectivity index (χ3v) is 3.02. The highest BCUT2D eigenvalue weighted by molar-refractivity contribution is 6.46. The van der Waals surface area contributed by atoms with Crippen LogP contribution in [0.1, 0.15) is 26.7 Å². The van der Waals surface area contributed by atoms with Crippen LogP contribution in [0.15, 0.2) is 22.0 Å². The van der Waals surface area contributed by atoms with E-state index in [1.54, 1.807) is 20.8 Å². The second-order valence-electron chi connectivity index (χ2n) is 5.81. The molecule has 1 aliphatic heterocycles. The first-order chi connectivity index (χ1) is 10.4. The van der Waals surface area contributed by atoms with E-state index in [-0.39, 0.29) is 17.4 Å². The topological polar surface area (TPSA) is 94.2 Å². The van der Waals surface area contributed by atoms with Crippen molar-refractivity contribution in [1.82, 2.24) is 9.88 Å². The normalized spacial score (nSPS) is 16.5. The molecule has 0 N–H and O–H groups in total. The van der Waals surface area contributed by atoms with E-state index >= 15 is 0 Å². The number of carbonyl (C=O) groups excluding carboxylic acids is 2. The quantitative estimate of drug-likeness (QED) is 0.476. The van der Waals surface area contributed by atoms with Crippen LogP contribution >= 0.6 is 0 Å². The molecule has 1 saturated heterocycles. The SMILES string of the molecule is CC(C)(C)C(=O)C(=NOC(=O)N1CCOCC1)c1ncco1. The molecule has 1 aromatic heterocycles. The average molecular weight is 309 g/mol. The van der Waals surface area contributed by atoms with Crippen molar-refractivity contribution in [1.29, 1.82) is 0 Å². The molecule has 1 aliphatic rings. The maximum Gasteiger partial charge on any atom is 0.436 e. The number of carbonyl (C=O) groups is 2. The Labute approximate surface area is 128 Å². The standard InChI is InChI=1S/C14H19N3O5/c1-14(2,3)11(18)10(12-15-4-7-21-12)16-22-13(19)17-5-8-20-9-6-17/h4,7H,5-6,8-9H2,1-3H3. The minimum absolute atomic E-state index is 0.0229. The highest BCUT2D eigenvalue weighted by atomic mass is 16.7. The van der Waals surface area contributed by atoms with Crippen LogP contribution in [0.3, 0.4) is 0 Å². The van der Waals surface area contributed by atoms with Gasteiger partial charge >= 0.3 is 6.09 Å². The van der Waals surface area contributed by atoms with Crippen LogP contribution in [0.4, 0.5) is 4.79 Å². The number of ketones is 1. The molecule has 0 radical (unpaired) electrons. The molecule has 120 valence electrons. The summed E-state index contributed by atoms with van der Waals surface area (Å²) >= 11 is 0. The number of oxime groups is 1. The smallest absolute Gasteiger partial charge is 0.436 e. The lowest BCUT2D eigenvalue weighted by molar-refractivity contribution is -0.119. The molecule has 1 fully saturated rings. The molecule has 22 heavy (non-hydrogen) atoms. The molecule has 0 spiro atoms. The fraction of sp³-hybridized carbons (Fsp3) is 0.571. The van der Waals surface area contributed by atoms with Crippen LogP contribution in [-0.4, -0.2) is 53.8 Å². The van der Waals surface area contributed by atoms with Gasteiger partial charge in [0.05, 0.1) is 19.4 Å². The molecule has 1 aromatic rings. The van der Waals surface area contributed by atoms with Gasteiger partial charge in [-0.3, -0.25) is 9.63 Å². The first-order valence-corrected chi connectivity index (χ1v) is 6.96. The molecular formula is C14H19N3O5. The number of hydrogen-bond donors (Lipinski definition) is 0. The molecule has 0 aliphatic carbocycles. The minimum atomic E-state index is -0.710. The summed E-state index contributed by atoms with van der Waals surface area (Å²) in [5, 5.41) is 3.69. The van der Waals surface area contributed by atoms with Gasteiger partial charge in [-0.15, -0.1) is 0 Å². The molecule has 2 rings (SSSR count). The molecule has 0 aromatic carbocycles. The van der Waals surface area contributed by atoms with Gasteiger partial charge in [-0.25, -0.2) is 9.78 Å². The van der Waals surface area contributed by atoms with Crippen LogP contribution in [0.25, 0.3) is 0 Å². The van der Waals surface area contributed by atoms with E-state index in [0.717, 1.165) is 0 Å². The van der Waals surface area contributed by atoms with Crippen molar-refractivity contribution in [2.24, 2.45) is 10.6 Å². The Bertz CT molecular complexity index is 554. The fourth-order valence-corrected chi connectivity index (χ4v) is 1.76. The Morgan fingerprint density at radius 1 is 1.32 bits per heavy atom. The van der Waals surface area contributed by atoms with E-state index in [1.807, 2.05) is 0 Å². The largest absolute Gasteiger partial charge is 0.443 e. The molecule has 2 heterocycles. The molecule has 0 saturated carbocycles. The van der Waals surface area contributed by atoms with Crippen LogP contribution in [-0.2, 0) is 14.4 Å². The van der Waals surface area contributed by atoms with E-state index in [2.05, 4.69) is 10.1 Å². The second-order valence-corrected chi connectivity index (χ2v) is 5.81. The molecular weight excluding hydrogens is 290 g/mol. The molecule has 0 atom stereocenters. The third-order valence-electron chi connectivity index (χ3n) is 3.02. The molecule has 8 heteroatoms. The lowest BCUT2D eigenvalue weighted by atomic mass is 9.88. The highest BCUT2D eigenvalue weighted by Crippen LogP contribution is 2.18. The highest BCUT2D eigenvalue weighted by Gasteiger charge is 2.31. The van der Waals surface area contributed by atoms with E-state index in [9.17, 15) is 9.59 Å². The van der Waals surface area contributed by atoms with Gasteiger partial charge in [0.1, 0.15) is 6.26 Å². The van der Waals surface area contributed by atoms with Crippen molar-refractivity contribution < 1.29 is 23.6 Å². The fourth-order valence-electron chi connectivity index (χ4n) is 1.76. The van der Waals surface area contributed by atoms with Gasteiger partial charge in [-0.2, -0.15) is 0 Å². The maximum absolute atomic E-state index is 12.4. The number of ether oxygens (including phenoxy) is 1. The summed E-state index contributed by atoms with van der Waals surface area (Å²) in [5.41, 5.74) is -0.822. The first kappa shape index (κ1) is 16.2. The lowest BCUT2D eigenvalue weighted by Crippen LogP contribution is -2.40. The van der Waals surface area contributed by atoms with Crippen molar-refractivity contribution in [3.05, 3.63) is 18.4 Å². The number of aromatic nitrogens is 1. The molecule has 0 bridgehead atoms. The van der Waals surface area contributed by atoms with Gasteiger partial charge in [-0.05, 0) is 0 Å². The van der Waals surface area contributed by atoms with Gasteiger partial charge in [-0.1, -0.05) is 25.9 Å². The van der Waals surface area contributed by atoms with Gasteiger partial charge in [0.25, 0.3) is 5.89 Å². The number of amides is 1. The maximum atomic E-state index is 12.4. The zero-order valence-electron chi connectivity index (χ0n) is 12.9. The van der Waals surface area contributed by atoms with Gasteiger partial charge in [0, 0.05) is 18.5 Å². The van der Waals surface area contributed by atoms with Crippen molar-refractivity contribution in [2.45, 2.75) is 20.8 Å². The Morgan fingerprint density at radius 2 is 2.00 bits per heavy atom. The van der Waals surface area contributed by atoms with Crippen molar-refractivity contribution in [2.75, 3.05) is 26.3 Å². The van der Waals surface area contributed by atoms with Gasteiger partial charge < -0.3 is 14.1 Å². The van der Waals surface area contributed by atoms with Crippen LogP contribution in [0.2, 0.25) is 0 Å². The van der Waals surface area contributed by atoms with Crippen LogP contribution < -0.4 is 0 Å². The molecule has 0 unspecified atom stereocenters. The summed E-state index contributed by atoms with van der Waals surface area (Å²) in [6.45, 7) is 6.96. The summed E-state index contributed by atoms with van der Waals surface area (Å²) in [4.78, 5) is 34.6. The third kappa shape index (κ3) is 3.91. The van der Waals surface area contributed by atoms with Crippen molar-refractivity contribution in [3.8, 4) is 0 Å². The molecule has 1 amide bonds. The number of oxazole rings is 1. The van der Waals surface area contributed by atoms with Crippen molar-refractivity contribution in [3.63, 3.8) is 0 Å². The average Bonchev–Trinajstić information content (AvgIpc) is 3.01. The number of hydrogen-bond acceptors (Lipinski definition) is 7. The Hall–Kier alpha value is -2.22. The Morgan fingerprint density at radius 3 is 2.55 bits per heavy atom. The van der Waals surface area contributed by atoms with E-state index < -0.39 is 11.5 Å². The van der Waals surface area contributed by atoms with Gasteiger partial charge in [0.15, 0.2) is 5.78 Å². The summed E-state index contributed by atoms with van der Waals surface area (Å²) < 4.78 is 10.3. The van der Waals surface area contributed by atoms with E-state index in [0.29, 0.717) is 26.3 Å². The summed E-state index contributed by atoms with van der Waals surface area (Å²) in [6, 6.07) is 0. The second kappa shape index (κ2) is 6.69. The predicted molar refractivity (Wildman–Crippen MR) is 76.4 cm³/mol. The summed E-state index contributed by atoms with van der Waals surface area (Å²) in [6.07, 6.45) is 2.09. The number of morpholine rings is 1. The van der Waals surface area contributed by atoms with E-state index in [4.69, 9.17) is 14.0 Å². The monoisotopic (exact) mass is 309 g/mol. The molecule has 8 nitrogen and oxygen atoms in total. The van der Waals surface area contributed by atoms with Crippen LogP contribution in [0.5, 0.6) is 0 Å². The van der Waals surface area contributed by atoms with E-state index in [1.165, 1.54) is 17.4 Å². The number of nitrogens with zero attached hydrogens (tertiary/aromatic N) is 3. The summed E-state index contributed by atoms with van der Waals surface area (Å²) in [5.74, 6) is -0.306. The number of rotatable bonds is 3. The number of Topliss-reactive ketones (excluding diaryl/α,β-unsaturated/α-hetero) is 1. The summed E-state index contributed by atoms with van der Waals surface area (Å²) in [7, 11) is 0. The van der Waals surface area contributed by atoms with Gasteiger partial charge in [0.2, 0.25) is 5.71 Å². The lowest BCUT2D eigenvalue weighted by Gasteiger charge is -2.24. The van der Waals surface area contributed by atoms with Crippen molar-refractivity contribution >= 4 is 17.6 Å². The predicted octanol–water partition coefficient (Wildman–Crippen LogP) is 1.46. The first-order valence-electron chi connectivity index (χ1n) is 6.96. The zero-order valence-corrected chi connectivity index (χ0v) is 12.9. The Balaban J connectivity index is 2.14. The zero-order chi connectivity index (χ0) is 16.2. The Kier molecular flexibility index (Phi) is 4.92. The minimum Gasteiger partial charge on any atom is -0.443 e. The van der Waals surface area contributed by atoms with Crippen LogP contribution in [0, 0.1) is 5.41 Å².